The summed E-state index contributed by atoms with van der Waals surface area (Å²) in [6, 6.07) is 11.4. The van der Waals surface area contributed by atoms with Crippen molar-refractivity contribution in [2.24, 2.45) is 5.92 Å². The molecule has 27 heavy (non-hydrogen) atoms. The topological polar surface area (TPSA) is 57.2 Å². The van der Waals surface area contributed by atoms with E-state index in [4.69, 9.17) is 18.9 Å². The smallest absolute Gasteiger partial charge is 0.254 e. The fourth-order valence-corrected chi connectivity index (χ4v) is 3.74. The number of hydrogen-bond acceptors (Lipinski definition) is 5. The number of fused-ring (bicyclic) bond motifs is 1. The summed E-state index contributed by atoms with van der Waals surface area (Å²) in [4.78, 5) is 14.7. The molecule has 2 aliphatic rings. The first-order valence-electron chi connectivity index (χ1n) is 9.07. The third-order valence-electron chi connectivity index (χ3n) is 5.16. The monoisotopic (exact) mass is 369 g/mol. The maximum Gasteiger partial charge on any atom is 0.254 e. The molecular weight excluding hydrogens is 346 g/mol. The molecule has 0 aromatic heterocycles. The molecule has 1 amide bonds. The lowest BCUT2D eigenvalue weighted by atomic mass is 9.98. The lowest BCUT2D eigenvalue weighted by molar-refractivity contribution is 0.0786. The number of carbonyl (C=O) groups is 1. The van der Waals surface area contributed by atoms with Crippen molar-refractivity contribution >= 4 is 5.91 Å². The number of benzene rings is 2. The molecule has 1 fully saturated rings. The summed E-state index contributed by atoms with van der Waals surface area (Å²) >= 11 is 0. The molecule has 142 valence electrons. The van der Waals surface area contributed by atoms with Crippen molar-refractivity contribution in [3.8, 4) is 23.0 Å². The molecule has 0 N–H and O–H groups in total. The Hall–Kier alpha value is -2.89. The van der Waals surface area contributed by atoms with E-state index in [1.807, 2.05) is 17.0 Å². The molecule has 2 heterocycles. The van der Waals surface area contributed by atoms with Gasteiger partial charge in [0.05, 0.1) is 14.2 Å². The van der Waals surface area contributed by atoms with E-state index >= 15 is 0 Å². The Labute approximate surface area is 158 Å². The molecule has 1 atom stereocenters. The second-order valence-electron chi connectivity index (χ2n) is 6.87. The van der Waals surface area contributed by atoms with Crippen LogP contribution in [0.15, 0.2) is 36.4 Å². The Morgan fingerprint density at radius 2 is 1.89 bits per heavy atom. The van der Waals surface area contributed by atoms with Crippen molar-refractivity contribution < 1.29 is 23.7 Å². The van der Waals surface area contributed by atoms with Crippen molar-refractivity contribution in [2.45, 2.75) is 12.8 Å². The summed E-state index contributed by atoms with van der Waals surface area (Å²) in [5.41, 5.74) is 1.83. The third-order valence-corrected chi connectivity index (χ3v) is 5.16. The van der Waals surface area contributed by atoms with Gasteiger partial charge >= 0.3 is 0 Å². The van der Waals surface area contributed by atoms with Crippen LogP contribution in [0.3, 0.4) is 0 Å². The number of amides is 1. The summed E-state index contributed by atoms with van der Waals surface area (Å²) in [6.45, 7) is 1.73. The number of likely N-dealkylation sites (tertiary alicyclic amines) is 1. The quantitative estimate of drug-likeness (QED) is 0.810. The van der Waals surface area contributed by atoms with Crippen molar-refractivity contribution in [2.75, 3.05) is 34.1 Å². The zero-order valence-electron chi connectivity index (χ0n) is 15.6. The van der Waals surface area contributed by atoms with E-state index < -0.39 is 0 Å². The average molecular weight is 369 g/mol. The van der Waals surface area contributed by atoms with Crippen LogP contribution in [0.2, 0.25) is 0 Å². The van der Waals surface area contributed by atoms with Crippen LogP contribution in [0.25, 0.3) is 0 Å². The predicted octanol–water partition coefficient (Wildman–Crippen LogP) is 3.14. The van der Waals surface area contributed by atoms with Gasteiger partial charge in [0.2, 0.25) is 6.79 Å². The molecule has 6 heteroatoms. The minimum Gasteiger partial charge on any atom is -0.493 e. The predicted molar refractivity (Wildman–Crippen MR) is 99.8 cm³/mol. The van der Waals surface area contributed by atoms with Gasteiger partial charge in [0.15, 0.2) is 23.0 Å². The Kier molecular flexibility index (Phi) is 4.79. The molecule has 0 bridgehead atoms. The Morgan fingerprint density at radius 3 is 2.70 bits per heavy atom. The summed E-state index contributed by atoms with van der Waals surface area (Å²) < 4.78 is 21.4. The zero-order chi connectivity index (χ0) is 18.8. The molecule has 0 spiro atoms. The van der Waals surface area contributed by atoms with Crippen molar-refractivity contribution in [3.63, 3.8) is 0 Å². The first-order valence-corrected chi connectivity index (χ1v) is 9.07. The number of hydrogen-bond donors (Lipinski definition) is 0. The largest absolute Gasteiger partial charge is 0.493 e. The fourth-order valence-electron chi connectivity index (χ4n) is 3.74. The maximum atomic E-state index is 12.8. The highest BCUT2D eigenvalue weighted by atomic mass is 16.7. The van der Waals surface area contributed by atoms with Crippen molar-refractivity contribution in [3.05, 3.63) is 47.5 Å². The number of rotatable bonds is 5. The fraction of sp³-hybridized carbons (Fsp3) is 0.381. The van der Waals surface area contributed by atoms with Gasteiger partial charge in [-0.2, -0.15) is 0 Å². The summed E-state index contributed by atoms with van der Waals surface area (Å²) in [5, 5.41) is 0. The first kappa shape index (κ1) is 17.5. The SMILES string of the molecule is COc1ccc(CC2CCN(C(=O)c3ccc4c(c3)OCO4)C2)cc1OC. The van der Waals surface area contributed by atoms with Crippen LogP contribution in [0, 0.1) is 5.92 Å². The lowest BCUT2D eigenvalue weighted by Gasteiger charge is -2.17. The number of methoxy groups -OCH3 is 2. The molecule has 2 aromatic rings. The van der Waals surface area contributed by atoms with E-state index in [2.05, 4.69) is 6.07 Å². The summed E-state index contributed by atoms with van der Waals surface area (Å²) in [6.07, 6.45) is 1.90. The zero-order valence-corrected chi connectivity index (χ0v) is 15.6. The van der Waals surface area contributed by atoms with Gasteiger partial charge in [-0.25, -0.2) is 0 Å². The molecule has 2 aliphatic heterocycles. The van der Waals surface area contributed by atoms with Crippen LogP contribution in [-0.2, 0) is 6.42 Å². The Balaban J connectivity index is 1.40. The Morgan fingerprint density at radius 1 is 1.07 bits per heavy atom. The molecule has 4 rings (SSSR count). The van der Waals surface area contributed by atoms with Crippen LogP contribution in [-0.4, -0.2) is 44.9 Å². The third kappa shape index (κ3) is 3.52. The Bertz CT molecular complexity index is 850. The summed E-state index contributed by atoms with van der Waals surface area (Å²) in [7, 11) is 3.27. The second kappa shape index (κ2) is 7.39. The maximum absolute atomic E-state index is 12.8. The highest BCUT2D eigenvalue weighted by molar-refractivity contribution is 5.95. The van der Waals surface area contributed by atoms with Crippen LogP contribution in [0.5, 0.6) is 23.0 Å². The van der Waals surface area contributed by atoms with Crippen LogP contribution >= 0.6 is 0 Å². The number of carbonyl (C=O) groups excluding carboxylic acids is 1. The van der Waals surface area contributed by atoms with E-state index in [1.165, 1.54) is 5.56 Å². The molecule has 0 radical (unpaired) electrons. The molecule has 1 unspecified atom stereocenters. The van der Waals surface area contributed by atoms with Crippen molar-refractivity contribution in [1.82, 2.24) is 4.90 Å². The van der Waals surface area contributed by atoms with E-state index in [1.54, 1.807) is 32.4 Å². The molecule has 0 aliphatic carbocycles. The van der Waals surface area contributed by atoms with Crippen molar-refractivity contribution in [1.29, 1.82) is 0 Å². The van der Waals surface area contributed by atoms with E-state index in [0.717, 1.165) is 37.4 Å². The van der Waals surface area contributed by atoms with Gasteiger partial charge in [0, 0.05) is 18.7 Å². The standard InChI is InChI=1S/C21H23NO5/c1-24-17-5-3-14(10-19(17)25-2)9-15-7-8-22(12-15)21(23)16-4-6-18-20(11-16)27-13-26-18/h3-6,10-11,15H,7-9,12-13H2,1-2H3. The van der Waals surface area contributed by atoms with Gasteiger partial charge in [0.25, 0.3) is 5.91 Å². The lowest BCUT2D eigenvalue weighted by Crippen LogP contribution is -2.28. The van der Waals surface area contributed by atoms with Gasteiger partial charge in [-0.15, -0.1) is 0 Å². The second-order valence-corrected chi connectivity index (χ2v) is 6.87. The van der Waals surface area contributed by atoms with Gasteiger partial charge in [-0.3, -0.25) is 4.79 Å². The van der Waals surface area contributed by atoms with Crippen LogP contribution in [0.1, 0.15) is 22.3 Å². The van der Waals surface area contributed by atoms with Crippen LogP contribution < -0.4 is 18.9 Å². The number of nitrogens with zero attached hydrogens (tertiary/aromatic N) is 1. The normalized spacial score (nSPS) is 17.9. The molecule has 6 nitrogen and oxygen atoms in total. The molecule has 2 aromatic carbocycles. The minimum atomic E-state index is 0.0445. The van der Waals surface area contributed by atoms with Gasteiger partial charge < -0.3 is 23.8 Å². The van der Waals surface area contributed by atoms with E-state index in [9.17, 15) is 4.79 Å². The van der Waals surface area contributed by atoms with Gasteiger partial charge in [-0.1, -0.05) is 6.07 Å². The van der Waals surface area contributed by atoms with Gasteiger partial charge in [-0.05, 0) is 54.7 Å². The van der Waals surface area contributed by atoms with Crippen LogP contribution in [0.4, 0.5) is 0 Å². The molecule has 1 saturated heterocycles. The average Bonchev–Trinajstić information content (AvgIpc) is 3.36. The van der Waals surface area contributed by atoms with E-state index in [-0.39, 0.29) is 12.7 Å². The highest BCUT2D eigenvalue weighted by Crippen LogP contribution is 2.34. The first-order chi connectivity index (χ1) is 13.2. The molecular formula is C21H23NO5. The molecule has 0 saturated carbocycles. The number of ether oxygens (including phenoxy) is 4. The highest BCUT2D eigenvalue weighted by Gasteiger charge is 2.28. The van der Waals surface area contributed by atoms with Gasteiger partial charge in [0.1, 0.15) is 0 Å². The summed E-state index contributed by atoms with van der Waals surface area (Å²) in [5.74, 6) is 3.28. The minimum absolute atomic E-state index is 0.0445. The van der Waals surface area contributed by atoms with E-state index in [0.29, 0.717) is 23.0 Å².